The Morgan fingerprint density at radius 3 is 2.38 bits per heavy atom. The maximum absolute atomic E-state index is 13.6. The van der Waals surface area contributed by atoms with Crippen molar-refractivity contribution >= 4 is 21.9 Å². The van der Waals surface area contributed by atoms with Crippen LogP contribution in [-0.4, -0.2) is 67.7 Å². The van der Waals surface area contributed by atoms with E-state index < -0.39 is 40.6 Å². The third kappa shape index (κ3) is 4.54. The van der Waals surface area contributed by atoms with Crippen molar-refractivity contribution in [3.05, 3.63) is 53.6 Å². The number of carboxylic acids is 1. The van der Waals surface area contributed by atoms with Crippen LogP contribution in [0.1, 0.15) is 11.1 Å². The number of amides is 1. The topological polar surface area (TPSA) is 142 Å². The number of ether oxygens (including phenoxy) is 2. The summed E-state index contributed by atoms with van der Waals surface area (Å²) in [5.74, 6) is -1.69. The van der Waals surface area contributed by atoms with Crippen LogP contribution in [0.3, 0.4) is 0 Å². The molecule has 172 valence electrons. The standard InChI is InChI=1S/C21H24N2O8S/c1-30-18-8-7-15(10-19(18)31-2)32(28,29)23-11-14-6-4-3-5-13(14)9-17(23)20(25)22-16(12-24)21(26)27/h3-8,10,16-17,24H,9,11-12H2,1-2H3,(H,22,25)(H,26,27)/t16?,17-/m0/s1. The lowest BCUT2D eigenvalue weighted by molar-refractivity contribution is -0.143. The molecule has 0 bridgehead atoms. The minimum Gasteiger partial charge on any atom is -0.493 e. The molecule has 1 amide bonds. The van der Waals surface area contributed by atoms with Gasteiger partial charge in [0, 0.05) is 12.6 Å². The van der Waals surface area contributed by atoms with Gasteiger partial charge in [-0.3, -0.25) is 4.79 Å². The van der Waals surface area contributed by atoms with E-state index in [9.17, 15) is 23.1 Å². The van der Waals surface area contributed by atoms with Gasteiger partial charge in [-0.15, -0.1) is 0 Å². The first-order valence-corrected chi connectivity index (χ1v) is 11.1. The molecule has 32 heavy (non-hydrogen) atoms. The molecule has 0 saturated carbocycles. The number of rotatable bonds is 8. The lowest BCUT2D eigenvalue weighted by Crippen LogP contribution is -2.56. The number of carbonyl (C=O) groups excluding carboxylic acids is 1. The van der Waals surface area contributed by atoms with Crippen molar-refractivity contribution < 1.29 is 37.7 Å². The Kier molecular flexibility index (Phi) is 7.02. The highest BCUT2D eigenvalue weighted by Gasteiger charge is 2.40. The normalized spacial score (nSPS) is 17.2. The third-order valence-electron chi connectivity index (χ3n) is 5.27. The summed E-state index contributed by atoms with van der Waals surface area (Å²) in [6.45, 7) is -0.908. The molecule has 0 saturated heterocycles. The van der Waals surface area contributed by atoms with Gasteiger partial charge >= 0.3 is 5.97 Å². The molecule has 0 spiro atoms. The second-order valence-corrected chi connectivity index (χ2v) is 9.03. The van der Waals surface area contributed by atoms with Gasteiger partial charge in [0.2, 0.25) is 15.9 Å². The van der Waals surface area contributed by atoms with Gasteiger partial charge in [-0.2, -0.15) is 4.31 Å². The summed E-state index contributed by atoms with van der Waals surface area (Å²) >= 11 is 0. The van der Waals surface area contributed by atoms with E-state index in [0.29, 0.717) is 5.75 Å². The Morgan fingerprint density at radius 2 is 1.78 bits per heavy atom. The van der Waals surface area contributed by atoms with Gasteiger partial charge in [-0.05, 0) is 29.7 Å². The number of nitrogens with one attached hydrogen (secondary N) is 1. The summed E-state index contributed by atoms with van der Waals surface area (Å²) in [4.78, 5) is 24.1. The number of methoxy groups -OCH3 is 2. The van der Waals surface area contributed by atoms with Crippen LogP contribution in [0.5, 0.6) is 11.5 Å². The molecule has 2 atom stereocenters. The summed E-state index contributed by atoms with van der Waals surface area (Å²) in [5, 5.41) is 20.6. The lowest BCUT2D eigenvalue weighted by atomic mass is 9.95. The molecule has 2 aromatic carbocycles. The predicted octanol–water partition coefficient (Wildman–Crippen LogP) is 0.381. The largest absolute Gasteiger partial charge is 0.493 e. The summed E-state index contributed by atoms with van der Waals surface area (Å²) in [5.41, 5.74) is 1.51. The quantitative estimate of drug-likeness (QED) is 0.509. The minimum absolute atomic E-state index is 0.0479. The first-order chi connectivity index (χ1) is 15.2. The van der Waals surface area contributed by atoms with Crippen molar-refractivity contribution in [3.8, 4) is 11.5 Å². The number of aliphatic carboxylic acids is 1. The van der Waals surface area contributed by atoms with E-state index in [1.54, 1.807) is 24.3 Å². The van der Waals surface area contributed by atoms with Crippen molar-refractivity contribution in [2.45, 2.75) is 29.9 Å². The van der Waals surface area contributed by atoms with E-state index >= 15 is 0 Å². The first kappa shape index (κ1) is 23.5. The number of hydrogen-bond acceptors (Lipinski definition) is 7. The van der Waals surface area contributed by atoms with Gasteiger partial charge in [0.05, 0.1) is 25.7 Å². The van der Waals surface area contributed by atoms with Crippen LogP contribution in [0.2, 0.25) is 0 Å². The second kappa shape index (κ2) is 9.55. The zero-order chi connectivity index (χ0) is 23.5. The maximum Gasteiger partial charge on any atom is 0.328 e. The van der Waals surface area contributed by atoms with E-state index in [4.69, 9.17) is 14.6 Å². The van der Waals surface area contributed by atoms with Gasteiger partial charge in [0.25, 0.3) is 0 Å². The highest BCUT2D eigenvalue weighted by Crippen LogP contribution is 2.34. The molecule has 3 N–H and O–H groups in total. The summed E-state index contributed by atoms with van der Waals surface area (Å²) in [7, 11) is -1.39. The third-order valence-corrected chi connectivity index (χ3v) is 7.12. The smallest absolute Gasteiger partial charge is 0.328 e. The van der Waals surface area contributed by atoms with E-state index in [1.165, 1.54) is 32.4 Å². The number of carboxylic acid groups (broad SMARTS) is 1. The van der Waals surface area contributed by atoms with Crippen molar-refractivity contribution in [3.63, 3.8) is 0 Å². The van der Waals surface area contributed by atoms with Crippen LogP contribution in [0.4, 0.5) is 0 Å². The molecule has 0 fully saturated rings. The van der Waals surface area contributed by atoms with Gasteiger partial charge in [0.15, 0.2) is 11.5 Å². The number of nitrogens with zero attached hydrogens (tertiary/aromatic N) is 1. The summed E-state index contributed by atoms with van der Waals surface area (Å²) < 4.78 is 38.5. The molecule has 0 aromatic heterocycles. The number of aliphatic hydroxyl groups excluding tert-OH is 1. The van der Waals surface area contributed by atoms with E-state index in [1.807, 2.05) is 0 Å². The Balaban J connectivity index is 2.03. The average Bonchev–Trinajstić information content (AvgIpc) is 2.80. The fraction of sp³-hybridized carbons (Fsp3) is 0.333. The number of benzene rings is 2. The number of fused-ring (bicyclic) bond motifs is 1. The molecule has 11 heteroatoms. The molecule has 1 unspecified atom stereocenters. The fourth-order valence-corrected chi connectivity index (χ4v) is 5.12. The number of hydrogen-bond donors (Lipinski definition) is 3. The van der Waals surface area contributed by atoms with Crippen LogP contribution < -0.4 is 14.8 Å². The number of aliphatic hydroxyl groups is 1. The van der Waals surface area contributed by atoms with Gasteiger partial charge < -0.3 is 25.0 Å². The minimum atomic E-state index is -4.19. The lowest BCUT2D eigenvalue weighted by Gasteiger charge is -2.35. The van der Waals surface area contributed by atoms with Crippen LogP contribution in [0.25, 0.3) is 0 Å². The van der Waals surface area contributed by atoms with E-state index in [-0.39, 0.29) is 23.6 Å². The first-order valence-electron chi connectivity index (χ1n) is 9.67. The molecule has 1 aliphatic heterocycles. The second-order valence-electron chi connectivity index (χ2n) is 7.14. The van der Waals surface area contributed by atoms with Gasteiger partial charge in [-0.1, -0.05) is 24.3 Å². The molecule has 10 nitrogen and oxygen atoms in total. The summed E-state index contributed by atoms with van der Waals surface area (Å²) in [6.07, 6.45) is 0.0479. The Labute approximate surface area is 185 Å². The van der Waals surface area contributed by atoms with Crippen molar-refractivity contribution in [1.82, 2.24) is 9.62 Å². The number of sulfonamides is 1. The van der Waals surface area contributed by atoms with Crippen molar-refractivity contribution in [2.24, 2.45) is 0 Å². The Bertz CT molecular complexity index is 1120. The van der Waals surface area contributed by atoms with Gasteiger partial charge in [0.1, 0.15) is 12.1 Å². The fourth-order valence-electron chi connectivity index (χ4n) is 3.54. The number of carbonyl (C=O) groups is 2. The molecule has 1 aliphatic rings. The SMILES string of the molecule is COc1ccc(S(=O)(=O)N2Cc3ccccc3C[C@H]2C(=O)NC(CO)C(=O)O)cc1OC. The van der Waals surface area contributed by atoms with Gasteiger partial charge in [-0.25, -0.2) is 13.2 Å². The Morgan fingerprint density at radius 1 is 1.12 bits per heavy atom. The van der Waals surface area contributed by atoms with Crippen molar-refractivity contribution in [1.29, 1.82) is 0 Å². The zero-order valence-corrected chi connectivity index (χ0v) is 18.3. The van der Waals surface area contributed by atoms with Crippen LogP contribution >= 0.6 is 0 Å². The molecular weight excluding hydrogens is 440 g/mol. The highest BCUT2D eigenvalue weighted by molar-refractivity contribution is 7.89. The van der Waals surface area contributed by atoms with Crippen LogP contribution in [0.15, 0.2) is 47.4 Å². The summed E-state index contributed by atoms with van der Waals surface area (Å²) in [6, 6.07) is 8.45. The zero-order valence-electron chi connectivity index (χ0n) is 17.5. The molecule has 2 aromatic rings. The molecule has 1 heterocycles. The predicted molar refractivity (Wildman–Crippen MR) is 113 cm³/mol. The van der Waals surface area contributed by atoms with E-state index in [2.05, 4.69) is 5.32 Å². The maximum atomic E-state index is 13.6. The highest BCUT2D eigenvalue weighted by atomic mass is 32.2. The average molecular weight is 464 g/mol. The van der Waals surface area contributed by atoms with Crippen molar-refractivity contribution in [2.75, 3.05) is 20.8 Å². The van der Waals surface area contributed by atoms with E-state index in [0.717, 1.165) is 15.4 Å². The molecule has 3 rings (SSSR count). The van der Waals surface area contributed by atoms with Crippen LogP contribution in [0, 0.1) is 0 Å². The monoisotopic (exact) mass is 464 g/mol. The molecule has 0 radical (unpaired) electrons. The molecular formula is C21H24N2O8S. The Hall–Kier alpha value is -3.15. The molecule has 0 aliphatic carbocycles. The van der Waals surface area contributed by atoms with Crippen LogP contribution in [-0.2, 0) is 32.6 Å².